The molecule has 0 saturated heterocycles. The van der Waals surface area contributed by atoms with E-state index in [-0.39, 0.29) is 11.8 Å². The molecule has 90 valence electrons. The number of nitrogens with one attached hydrogen (secondary N) is 1. The summed E-state index contributed by atoms with van der Waals surface area (Å²) in [7, 11) is 0. The number of nitrogens with zero attached hydrogens (tertiary/aromatic N) is 1. The van der Waals surface area contributed by atoms with Crippen LogP contribution in [0.15, 0.2) is 22.7 Å². The van der Waals surface area contributed by atoms with Crippen LogP contribution in [0.2, 0.25) is 5.02 Å². The molecule has 5 heteroatoms. The van der Waals surface area contributed by atoms with Crippen LogP contribution in [-0.2, 0) is 0 Å². The topological polar surface area (TPSA) is 52.9 Å². The van der Waals surface area contributed by atoms with Crippen molar-refractivity contribution in [3.05, 3.63) is 33.3 Å². The number of carbonyl (C=O) groups excluding carboxylic acids is 1. The number of nitriles is 1. The summed E-state index contributed by atoms with van der Waals surface area (Å²) < 4.78 is 0.805. The Bertz CT molecular complexity index is 468. The van der Waals surface area contributed by atoms with E-state index in [4.69, 9.17) is 16.9 Å². The van der Waals surface area contributed by atoms with Crippen molar-refractivity contribution < 1.29 is 4.79 Å². The number of carbonyl (C=O) groups is 1. The third kappa shape index (κ3) is 3.72. The van der Waals surface area contributed by atoms with Gasteiger partial charge in [-0.1, -0.05) is 41.4 Å². The highest BCUT2D eigenvalue weighted by atomic mass is 79.9. The number of rotatable bonds is 3. The molecule has 3 nitrogen and oxygen atoms in total. The van der Waals surface area contributed by atoms with E-state index in [0.717, 1.165) is 4.47 Å². The van der Waals surface area contributed by atoms with Crippen molar-refractivity contribution in [3.8, 4) is 6.07 Å². The number of benzene rings is 1. The Labute approximate surface area is 114 Å². The van der Waals surface area contributed by atoms with Crippen LogP contribution in [0.4, 0.5) is 0 Å². The lowest BCUT2D eigenvalue weighted by Crippen LogP contribution is -2.37. The monoisotopic (exact) mass is 314 g/mol. The van der Waals surface area contributed by atoms with Gasteiger partial charge in [-0.05, 0) is 24.1 Å². The highest BCUT2D eigenvalue weighted by molar-refractivity contribution is 9.10. The maximum Gasteiger partial charge on any atom is 0.253 e. The second-order valence-electron chi connectivity index (χ2n) is 3.95. The summed E-state index contributed by atoms with van der Waals surface area (Å²) >= 11 is 9.22. The fraction of sp³-hybridized carbons (Fsp3) is 0.333. The van der Waals surface area contributed by atoms with Crippen molar-refractivity contribution in [2.75, 3.05) is 0 Å². The van der Waals surface area contributed by atoms with E-state index in [2.05, 4.69) is 21.2 Å². The zero-order valence-corrected chi connectivity index (χ0v) is 11.8. The van der Waals surface area contributed by atoms with Crippen LogP contribution in [0.1, 0.15) is 24.2 Å². The molecule has 1 aromatic rings. The minimum atomic E-state index is -0.512. The molecule has 0 saturated carbocycles. The lowest BCUT2D eigenvalue weighted by atomic mass is 10.1. The number of amides is 1. The molecule has 0 spiro atoms. The van der Waals surface area contributed by atoms with Crippen LogP contribution in [0.25, 0.3) is 0 Å². The Balaban J connectivity index is 2.87. The van der Waals surface area contributed by atoms with Gasteiger partial charge in [0.15, 0.2) is 0 Å². The Morgan fingerprint density at radius 3 is 2.65 bits per heavy atom. The third-order valence-corrected chi connectivity index (χ3v) is 3.07. The summed E-state index contributed by atoms with van der Waals surface area (Å²) in [4.78, 5) is 11.9. The molecule has 1 unspecified atom stereocenters. The molecule has 0 bridgehead atoms. The molecule has 17 heavy (non-hydrogen) atoms. The molecule has 1 amide bonds. The number of hydrogen-bond acceptors (Lipinski definition) is 2. The van der Waals surface area contributed by atoms with Crippen LogP contribution in [0.5, 0.6) is 0 Å². The van der Waals surface area contributed by atoms with Crippen molar-refractivity contribution in [2.45, 2.75) is 19.9 Å². The Morgan fingerprint density at radius 1 is 1.53 bits per heavy atom. The van der Waals surface area contributed by atoms with E-state index in [9.17, 15) is 4.79 Å². The van der Waals surface area contributed by atoms with Gasteiger partial charge in [0.05, 0.1) is 16.7 Å². The molecule has 0 aromatic heterocycles. The lowest BCUT2D eigenvalue weighted by Gasteiger charge is -2.15. The van der Waals surface area contributed by atoms with Gasteiger partial charge in [-0.15, -0.1) is 0 Å². The molecule has 0 heterocycles. The number of hydrogen-bond donors (Lipinski definition) is 1. The minimum Gasteiger partial charge on any atom is -0.336 e. The Morgan fingerprint density at radius 2 is 2.18 bits per heavy atom. The van der Waals surface area contributed by atoms with E-state index in [1.807, 2.05) is 19.9 Å². The van der Waals surface area contributed by atoms with E-state index in [0.29, 0.717) is 10.6 Å². The van der Waals surface area contributed by atoms with Gasteiger partial charge in [0, 0.05) is 4.47 Å². The van der Waals surface area contributed by atoms with Gasteiger partial charge in [0.1, 0.15) is 6.04 Å². The molecule has 0 aliphatic carbocycles. The van der Waals surface area contributed by atoms with Gasteiger partial charge in [0.2, 0.25) is 0 Å². The smallest absolute Gasteiger partial charge is 0.253 e. The van der Waals surface area contributed by atoms with Gasteiger partial charge in [-0.2, -0.15) is 5.26 Å². The largest absolute Gasteiger partial charge is 0.336 e. The predicted molar refractivity (Wildman–Crippen MR) is 70.9 cm³/mol. The highest BCUT2D eigenvalue weighted by Crippen LogP contribution is 2.21. The van der Waals surface area contributed by atoms with Crippen molar-refractivity contribution in [2.24, 2.45) is 5.92 Å². The summed E-state index contributed by atoms with van der Waals surface area (Å²) in [5, 5.41) is 11.9. The average molecular weight is 316 g/mol. The van der Waals surface area contributed by atoms with E-state index >= 15 is 0 Å². The number of halogens is 2. The summed E-state index contributed by atoms with van der Waals surface area (Å²) in [5.41, 5.74) is 0.371. The molecular weight excluding hydrogens is 304 g/mol. The maximum atomic E-state index is 11.9. The molecule has 0 aliphatic rings. The van der Waals surface area contributed by atoms with Crippen LogP contribution >= 0.6 is 27.5 Å². The molecule has 1 aromatic carbocycles. The quantitative estimate of drug-likeness (QED) is 0.929. The first-order valence-corrected chi connectivity index (χ1v) is 6.28. The van der Waals surface area contributed by atoms with Crippen LogP contribution < -0.4 is 5.32 Å². The fourth-order valence-electron chi connectivity index (χ4n) is 1.24. The van der Waals surface area contributed by atoms with Gasteiger partial charge >= 0.3 is 0 Å². The van der Waals surface area contributed by atoms with Gasteiger partial charge < -0.3 is 5.32 Å². The molecule has 0 radical (unpaired) electrons. The Hall–Kier alpha value is -1.05. The average Bonchev–Trinajstić information content (AvgIpc) is 2.24. The van der Waals surface area contributed by atoms with Gasteiger partial charge in [-0.25, -0.2) is 0 Å². The predicted octanol–water partition coefficient (Wildman–Crippen LogP) is 3.38. The molecule has 0 fully saturated rings. The normalized spacial score (nSPS) is 12.0. The standard InChI is InChI=1S/C12H12BrClN2O/c1-7(2)11(6-15)16-12(17)9-4-3-8(13)5-10(9)14/h3-5,7,11H,1-2H3,(H,16,17). The molecule has 1 rings (SSSR count). The SMILES string of the molecule is CC(C)C(C#N)NC(=O)c1ccc(Br)cc1Cl. The first kappa shape index (κ1) is 14.0. The lowest BCUT2D eigenvalue weighted by molar-refractivity contribution is 0.0938. The first-order chi connectivity index (χ1) is 7.95. The van der Waals surface area contributed by atoms with E-state index in [1.54, 1.807) is 18.2 Å². The highest BCUT2D eigenvalue weighted by Gasteiger charge is 2.18. The van der Waals surface area contributed by atoms with Crippen LogP contribution in [0, 0.1) is 17.2 Å². The minimum absolute atomic E-state index is 0.0539. The molecular formula is C12H12BrClN2O. The summed E-state index contributed by atoms with van der Waals surface area (Å²) in [5.74, 6) is -0.277. The van der Waals surface area contributed by atoms with Gasteiger partial charge in [0.25, 0.3) is 5.91 Å². The fourth-order valence-corrected chi connectivity index (χ4v) is 2.00. The second-order valence-corrected chi connectivity index (χ2v) is 5.27. The summed E-state index contributed by atoms with van der Waals surface area (Å²) in [6.07, 6.45) is 0. The maximum absolute atomic E-state index is 11.9. The van der Waals surface area contributed by atoms with Gasteiger partial charge in [-0.3, -0.25) is 4.79 Å². The van der Waals surface area contributed by atoms with Crippen molar-refractivity contribution in [3.63, 3.8) is 0 Å². The summed E-state index contributed by atoms with van der Waals surface area (Å²) in [6.45, 7) is 3.74. The van der Waals surface area contributed by atoms with E-state index < -0.39 is 6.04 Å². The second kappa shape index (κ2) is 6.04. The molecule has 1 N–H and O–H groups in total. The molecule has 0 aliphatic heterocycles. The van der Waals surface area contributed by atoms with Crippen molar-refractivity contribution in [1.82, 2.24) is 5.32 Å². The van der Waals surface area contributed by atoms with Crippen LogP contribution in [0.3, 0.4) is 0 Å². The first-order valence-electron chi connectivity index (χ1n) is 5.11. The van der Waals surface area contributed by atoms with E-state index in [1.165, 1.54) is 0 Å². The van der Waals surface area contributed by atoms with Crippen molar-refractivity contribution >= 4 is 33.4 Å². The third-order valence-electron chi connectivity index (χ3n) is 2.27. The van der Waals surface area contributed by atoms with Crippen molar-refractivity contribution in [1.29, 1.82) is 5.26 Å². The van der Waals surface area contributed by atoms with Crippen LogP contribution in [-0.4, -0.2) is 11.9 Å². The Kier molecular flexibility index (Phi) is 4.98. The zero-order chi connectivity index (χ0) is 13.0. The molecule has 1 atom stereocenters. The zero-order valence-electron chi connectivity index (χ0n) is 9.50. The summed E-state index contributed by atoms with van der Waals surface area (Å²) in [6, 6.07) is 6.54.